The maximum absolute atomic E-state index is 11.8. The van der Waals surface area contributed by atoms with Gasteiger partial charge in [-0.1, -0.05) is 29.8 Å². The molecule has 1 heterocycles. The standard InChI is InChI=1S/C14H16BrNO2/c1-9(2)8-16-5-4-11-12(14(17)18-3)6-10(15)7-13(11)16/h4-7,9H,8H2,1-3H3. The Kier molecular flexibility index (Phi) is 3.76. The van der Waals surface area contributed by atoms with Crippen LogP contribution >= 0.6 is 15.9 Å². The molecule has 0 bridgehead atoms. The third kappa shape index (κ3) is 2.43. The first kappa shape index (κ1) is 13.1. The van der Waals surface area contributed by atoms with Gasteiger partial charge in [0.1, 0.15) is 0 Å². The minimum Gasteiger partial charge on any atom is -0.465 e. The lowest BCUT2D eigenvalue weighted by atomic mass is 10.1. The molecule has 2 rings (SSSR count). The summed E-state index contributed by atoms with van der Waals surface area (Å²) in [6.07, 6.45) is 2.02. The van der Waals surface area contributed by atoms with E-state index in [1.807, 2.05) is 18.3 Å². The average Bonchev–Trinajstić information content (AvgIpc) is 2.69. The van der Waals surface area contributed by atoms with Crippen LogP contribution in [-0.2, 0) is 11.3 Å². The van der Waals surface area contributed by atoms with Gasteiger partial charge in [-0.3, -0.25) is 0 Å². The van der Waals surface area contributed by atoms with Crippen LogP contribution in [0.25, 0.3) is 10.9 Å². The van der Waals surface area contributed by atoms with Gasteiger partial charge >= 0.3 is 5.97 Å². The molecular weight excluding hydrogens is 294 g/mol. The fourth-order valence-electron chi connectivity index (χ4n) is 2.09. The van der Waals surface area contributed by atoms with Gasteiger partial charge in [-0.2, -0.15) is 0 Å². The average molecular weight is 310 g/mol. The molecule has 0 atom stereocenters. The van der Waals surface area contributed by atoms with Crippen LogP contribution in [0.15, 0.2) is 28.9 Å². The van der Waals surface area contributed by atoms with Gasteiger partial charge in [0, 0.05) is 28.1 Å². The molecule has 3 nitrogen and oxygen atoms in total. The van der Waals surface area contributed by atoms with Gasteiger partial charge in [0.25, 0.3) is 0 Å². The summed E-state index contributed by atoms with van der Waals surface area (Å²) in [6.45, 7) is 5.27. The quantitative estimate of drug-likeness (QED) is 0.806. The number of aromatic nitrogens is 1. The number of carbonyl (C=O) groups excluding carboxylic acids is 1. The Morgan fingerprint density at radius 1 is 1.44 bits per heavy atom. The molecule has 1 aromatic heterocycles. The van der Waals surface area contributed by atoms with Gasteiger partial charge in [0.2, 0.25) is 0 Å². The van der Waals surface area contributed by atoms with Crippen LogP contribution in [0.1, 0.15) is 24.2 Å². The number of hydrogen-bond acceptors (Lipinski definition) is 2. The van der Waals surface area contributed by atoms with Gasteiger partial charge in [-0.25, -0.2) is 4.79 Å². The number of nitrogens with zero attached hydrogens (tertiary/aromatic N) is 1. The second kappa shape index (κ2) is 5.14. The number of fused-ring (bicyclic) bond motifs is 1. The van der Waals surface area contributed by atoms with E-state index in [-0.39, 0.29) is 5.97 Å². The van der Waals surface area contributed by atoms with Gasteiger partial charge in [0.15, 0.2) is 0 Å². The molecule has 0 unspecified atom stereocenters. The van der Waals surface area contributed by atoms with E-state index in [1.54, 1.807) is 6.07 Å². The molecule has 1 aromatic carbocycles. The third-order valence-corrected chi connectivity index (χ3v) is 3.28. The van der Waals surface area contributed by atoms with Crippen LogP contribution in [0.2, 0.25) is 0 Å². The minimum atomic E-state index is -0.302. The molecule has 4 heteroatoms. The molecule has 18 heavy (non-hydrogen) atoms. The van der Waals surface area contributed by atoms with E-state index in [9.17, 15) is 4.79 Å². The largest absolute Gasteiger partial charge is 0.465 e. The zero-order valence-electron chi connectivity index (χ0n) is 10.7. The van der Waals surface area contributed by atoms with Gasteiger partial charge in [-0.05, 0) is 24.1 Å². The Balaban J connectivity index is 2.61. The van der Waals surface area contributed by atoms with Crippen LogP contribution in [0, 0.1) is 5.92 Å². The summed E-state index contributed by atoms with van der Waals surface area (Å²) >= 11 is 3.44. The Morgan fingerprint density at radius 2 is 2.17 bits per heavy atom. The molecule has 0 radical (unpaired) electrons. The Hall–Kier alpha value is -1.29. The monoisotopic (exact) mass is 309 g/mol. The number of carbonyl (C=O) groups is 1. The normalized spacial score (nSPS) is 11.2. The van der Waals surface area contributed by atoms with Gasteiger partial charge in [0.05, 0.1) is 12.7 Å². The Labute approximate surface area is 115 Å². The predicted molar refractivity (Wildman–Crippen MR) is 75.8 cm³/mol. The molecule has 0 aliphatic carbocycles. The van der Waals surface area contributed by atoms with Crippen LogP contribution in [0.4, 0.5) is 0 Å². The summed E-state index contributed by atoms with van der Waals surface area (Å²) in [4.78, 5) is 11.8. The molecule has 0 spiro atoms. The minimum absolute atomic E-state index is 0.302. The zero-order valence-corrected chi connectivity index (χ0v) is 12.3. The third-order valence-electron chi connectivity index (χ3n) is 2.82. The highest BCUT2D eigenvalue weighted by molar-refractivity contribution is 9.10. The molecule has 0 amide bonds. The first-order valence-corrected chi connectivity index (χ1v) is 6.69. The summed E-state index contributed by atoms with van der Waals surface area (Å²) < 4.78 is 7.87. The van der Waals surface area contributed by atoms with E-state index >= 15 is 0 Å². The molecule has 0 aliphatic heterocycles. The van der Waals surface area contributed by atoms with E-state index in [1.165, 1.54) is 7.11 Å². The molecule has 96 valence electrons. The number of hydrogen-bond donors (Lipinski definition) is 0. The SMILES string of the molecule is COC(=O)c1cc(Br)cc2c1ccn2CC(C)C. The van der Waals surface area contributed by atoms with Crippen molar-refractivity contribution in [1.82, 2.24) is 4.57 Å². The Bertz CT molecular complexity index is 587. The van der Waals surface area contributed by atoms with E-state index in [4.69, 9.17) is 4.74 Å². The van der Waals surface area contributed by atoms with Gasteiger partial charge in [-0.15, -0.1) is 0 Å². The Morgan fingerprint density at radius 3 is 2.78 bits per heavy atom. The lowest BCUT2D eigenvalue weighted by Gasteiger charge is -2.09. The highest BCUT2D eigenvalue weighted by Crippen LogP contribution is 2.26. The number of esters is 1. The van der Waals surface area contributed by atoms with Crippen molar-refractivity contribution in [1.29, 1.82) is 0 Å². The molecule has 0 fully saturated rings. The fourth-order valence-corrected chi connectivity index (χ4v) is 2.54. The van der Waals surface area contributed by atoms with Gasteiger partial charge < -0.3 is 9.30 Å². The van der Waals surface area contributed by atoms with Crippen molar-refractivity contribution >= 4 is 32.8 Å². The molecule has 0 saturated heterocycles. The smallest absolute Gasteiger partial charge is 0.338 e. The number of halogens is 1. The van der Waals surface area contributed by atoms with E-state index in [0.717, 1.165) is 21.9 Å². The molecule has 2 aromatic rings. The maximum atomic E-state index is 11.8. The summed E-state index contributed by atoms with van der Waals surface area (Å²) in [5.41, 5.74) is 1.66. The number of rotatable bonds is 3. The summed E-state index contributed by atoms with van der Waals surface area (Å²) in [5, 5.41) is 0.936. The molecule has 0 N–H and O–H groups in total. The second-order valence-electron chi connectivity index (χ2n) is 4.74. The lowest BCUT2D eigenvalue weighted by Crippen LogP contribution is -2.04. The van der Waals surface area contributed by atoms with Crippen LogP contribution in [-0.4, -0.2) is 17.6 Å². The number of ether oxygens (including phenoxy) is 1. The number of benzene rings is 1. The van der Waals surface area contributed by atoms with Crippen molar-refractivity contribution in [2.24, 2.45) is 5.92 Å². The predicted octanol–water partition coefficient (Wildman–Crippen LogP) is 3.85. The first-order valence-electron chi connectivity index (χ1n) is 5.89. The van der Waals surface area contributed by atoms with Crippen molar-refractivity contribution in [2.75, 3.05) is 7.11 Å². The second-order valence-corrected chi connectivity index (χ2v) is 5.66. The summed E-state index contributed by atoms with van der Waals surface area (Å²) in [6, 6.07) is 5.80. The van der Waals surface area contributed by atoms with Crippen LogP contribution in [0.5, 0.6) is 0 Å². The summed E-state index contributed by atoms with van der Waals surface area (Å²) in [5.74, 6) is 0.254. The topological polar surface area (TPSA) is 31.2 Å². The summed E-state index contributed by atoms with van der Waals surface area (Å²) in [7, 11) is 1.40. The first-order chi connectivity index (χ1) is 8.52. The maximum Gasteiger partial charge on any atom is 0.338 e. The fraction of sp³-hybridized carbons (Fsp3) is 0.357. The lowest BCUT2D eigenvalue weighted by molar-refractivity contribution is 0.0603. The van der Waals surface area contributed by atoms with Crippen molar-refractivity contribution < 1.29 is 9.53 Å². The van der Waals surface area contributed by atoms with Crippen molar-refractivity contribution in [3.05, 3.63) is 34.4 Å². The van der Waals surface area contributed by atoms with E-state index in [2.05, 4.69) is 34.3 Å². The highest BCUT2D eigenvalue weighted by Gasteiger charge is 2.14. The van der Waals surface area contributed by atoms with Crippen molar-refractivity contribution in [3.8, 4) is 0 Å². The molecule has 0 aliphatic rings. The number of methoxy groups -OCH3 is 1. The van der Waals surface area contributed by atoms with Crippen molar-refractivity contribution in [3.63, 3.8) is 0 Å². The van der Waals surface area contributed by atoms with E-state index in [0.29, 0.717) is 11.5 Å². The van der Waals surface area contributed by atoms with Crippen LogP contribution in [0.3, 0.4) is 0 Å². The highest BCUT2D eigenvalue weighted by atomic mass is 79.9. The molecular formula is C14H16BrNO2. The van der Waals surface area contributed by atoms with E-state index < -0.39 is 0 Å². The van der Waals surface area contributed by atoms with Crippen LogP contribution < -0.4 is 0 Å². The van der Waals surface area contributed by atoms with Crippen molar-refractivity contribution in [2.45, 2.75) is 20.4 Å². The molecule has 0 saturated carbocycles. The zero-order chi connectivity index (χ0) is 13.3.